The van der Waals surface area contributed by atoms with Crippen molar-refractivity contribution in [2.24, 2.45) is 0 Å². The summed E-state index contributed by atoms with van der Waals surface area (Å²) in [5, 5.41) is 24.6. The van der Waals surface area contributed by atoms with Crippen molar-refractivity contribution in [3.8, 4) is 5.69 Å². The van der Waals surface area contributed by atoms with Crippen LogP contribution in [0.1, 0.15) is 44.9 Å². The molecule has 1 aromatic heterocycles. The molecule has 1 fully saturated rings. The molecule has 1 aliphatic carbocycles. The first-order valence-electron chi connectivity index (χ1n) is 9.77. The van der Waals surface area contributed by atoms with Crippen molar-refractivity contribution in [3.63, 3.8) is 0 Å². The van der Waals surface area contributed by atoms with Crippen LogP contribution in [-0.2, 0) is 6.54 Å². The van der Waals surface area contributed by atoms with Gasteiger partial charge in [-0.2, -0.15) is 0 Å². The van der Waals surface area contributed by atoms with Gasteiger partial charge in [0.1, 0.15) is 0 Å². The second kappa shape index (κ2) is 8.34. The molecule has 0 saturated heterocycles. The quantitative estimate of drug-likeness (QED) is 0.445. The van der Waals surface area contributed by atoms with Gasteiger partial charge in [-0.25, -0.2) is 4.68 Å². The lowest BCUT2D eigenvalue weighted by atomic mass is 10.1. The summed E-state index contributed by atoms with van der Waals surface area (Å²) in [4.78, 5) is 35.1. The Morgan fingerprint density at radius 2 is 1.90 bits per heavy atom. The van der Waals surface area contributed by atoms with E-state index in [1.807, 2.05) is 0 Å². The lowest BCUT2D eigenvalue weighted by Gasteiger charge is -2.07. The number of nitro benzene ring substituents is 1. The third-order valence-corrected chi connectivity index (χ3v) is 4.98. The molecule has 1 heterocycles. The molecule has 0 bridgehead atoms. The minimum absolute atomic E-state index is 0.0762. The summed E-state index contributed by atoms with van der Waals surface area (Å²) in [5.74, 6) is -0.504. The fourth-order valence-corrected chi connectivity index (χ4v) is 3.06. The predicted molar refractivity (Wildman–Crippen MR) is 111 cm³/mol. The van der Waals surface area contributed by atoms with E-state index in [9.17, 15) is 19.7 Å². The Balaban J connectivity index is 1.40. The number of hydrogen-bond donors (Lipinski definition) is 2. The van der Waals surface area contributed by atoms with Gasteiger partial charge in [-0.3, -0.25) is 19.7 Å². The van der Waals surface area contributed by atoms with Crippen molar-refractivity contribution < 1.29 is 14.5 Å². The van der Waals surface area contributed by atoms with E-state index in [1.54, 1.807) is 43.3 Å². The summed E-state index contributed by atoms with van der Waals surface area (Å²) in [6, 6.07) is 13.3. The maximum atomic E-state index is 12.6. The molecule has 158 valence electrons. The van der Waals surface area contributed by atoms with Gasteiger partial charge in [0.25, 0.3) is 17.5 Å². The fraction of sp³-hybridized carbons (Fsp3) is 0.238. The van der Waals surface area contributed by atoms with Crippen LogP contribution in [0.15, 0.2) is 48.5 Å². The number of carbonyl (C=O) groups excluding carboxylic acids is 2. The molecule has 10 nitrogen and oxygen atoms in total. The Hall–Kier alpha value is -4.08. The van der Waals surface area contributed by atoms with E-state index in [2.05, 4.69) is 20.9 Å². The zero-order valence-corrected chi connectivity index (χ0v) is 16.7. The summed E-state index contributed by atoms with van der Waals surface area (Å²) in [6.07, 6.45) is 2.06. The van der Waals surface area contributed by atoms with Crippen LogP contribution >= 0.6 is 0 Å². The third-order valence-electron chi connectivity index (χ3n) is 4.98. The number of benzene rings is 2. The van der Waals surface area contributed by atoms with Gasteiger partial charge in [0.05, 0.1) is 16.3 Å². The number of nitro groups is 1. The normalized spacial score (nSPS) is 12.9. The molecule has 2 N–H and O–H groups in total. The smallest absolute Gasteiger partial charge is 0.274 e. The van der Waals surface area contributed by atoms with Crippen LogP contribution in [-0.4, -0.2) is 37.8 Å². The lowest BCUT2D eigenvalue weighted by Crippen LogP contribution is -2.26. The first-order valence-corrected chi connectivity index (χ1v) is 9.77. The Kier molecular flexibility index (Phi) is 5.44. The number of amides is 2. The van der Waals surface area contributed by atoms with Gasteiger partial charge in [0.15, 0.2) is 5.69 Å². The number of non-ortho nitro benzene ring substituents is 1. The lowest BCUT2D eigenvalue weighted by molar-refractivity contribution is -0.384. The van der Waals surface area contributed by atoms with Crippen LogP contribution in [0.25, 0.3) is 5.69 Å². The molecular weight excluding hydrogens is 400 g/mol. The van der Waals surface area contributed by atoms with E-state index in [1.165, 1.54) is 16.8 Å². The van der Waals surface area contributed by atoms with Gasteiger partial charge < -0.3 is 10.6 Å². The average Bonchev–Trinajstić information content (AvgIpc) is 3.51. The molecule has 4 rings (SSSR count). The topological polar surface area (TPSA) is 132 Å². The Morgan fingerprint density at radius 1 is 1.16 bits per heavy atom. The van der Waals surface area contributed by atoms with E-state index in [0.29, 0.717) is 23.0 Å². The number of hydrogen-bond acceptors (Lipinski definition) is 6. The van der Waals surface area contributed by atoms with Crippen molar-refractivity contribution in [2.75, 3.05) is 0 Å². The van der Waals surface area contributed by atoms with Crippen LogP contribution in [0, 0.1) is 17.0 Å². The second-order valence-electron chi connectivity index (χ2n) is 7.34. The summed E-state index contributed by atoms with van der Waals surface area (Å²) in [7, 11) is 0. The SMILES string of the molecule is Cc1c(C(=O)NCc2ccc(C(=O)NC3CC3)cc2)nnn1-c1cccc([N+](=O)[O-])c1. The molecule has 1 aliphatic rings. The van der Waals surface area contributed by atoms with Gasteiger partial charge in [-0.15, -0.1) is 5.10 Å². The molecule has 1 saturated carbocycles. The van der Waals surface area contributed by atoms with Crippen molar-refractivity contribution in [2.45, 2.75) is 32.4 Å². The van der Waals surface area contributed by atoms with E-state index in [0.717, 1.165) is 18.4 Å². The largest absolute Gasteiger partial charge is 0.349 e. The molecule has 2 aromatic carbocycles. The molecule has 31 heavy (non-hydrogen) atoms. The van der Waals surface area contributed by atoms with Gasteiger partial charge in [-0.1, -0.05) is 23.4 Å². The zero-order chi connectivity index (χ0) is 22.0. The summed E-state index contributed by atoms with van der Waals surface area (Å²) >= 11 is 0. The fourth-order valence-electron chi connectivity index (χ4n) is 3.06. The first kappa shape index (κ1) is 20.2. The maximum Gasteiger partial charge on any atom is 0.274 e. The van der Waals surface area contributed by atoms with Crippen LogP contribution < -0.4 is 10.6 Å². The Labute approximate surface area is 177 Å². The van der Waals surface area contributed by atoms with Crippen LogP contribution in [0.3, 0.4) is 0 Å². The molecule has 0 radical (unpaired) electrons. The standard InChI is InChI=1S/C21H20N6O4/c1-13-19(24-25-26(13)17-3-2-4-18(11-17)27(30)31)21(29)22-12-14-5-7-15(8-6-14)20(28)23-16-9-10-16/h2-8,11,16H,9-10,12H2,1H3,(H,22,29)(H,23,28). The van der Waals surface area contributed by atoms with E-state index in [-0.39, 0.29) is 23.8 Å². The second-order valence-corrected chi connectivity index (χ2v) is 7.34. The van der Waals surface area contributed by atoms with Gasteiger partial charge >= 0.3 is 0 Å². The van der Waals surface area contributed by atoms with Crippen molar-refractivity contribution >= 4 is 17.5 Å². The van der Waals surface area contributed by atoms with E-state index < -0.39 is 10.8 Å². The highest BCUT2D eigenvalue weighted by Gasteiger charge is 2.23. The zero-order valence-electron chi connectivity index (χ0n) is 16.7. The molecule has 3 aromatic rings. The van der Waals surface area contributed by atoms with Crippen LogP contribution in [0.5, 0.6) is 0 Å². The van der Waals surface area contributed by atoms with Crippen molar-refractivity contribution in [1.82, 2.24) is 25.6 Å². The highest BCUT2D eigenvalue weighted by Crippen LogP contribution is 2.20. The Morgan fingerprint density at radius 3 is 2.58 bits per heavy atom. The van der Waals surface area contributed by atoms with Crippen molar-refractivity contribution in [1.29, 1.82) is 0 Å². The monoisotopic (exact) mass is 420 g/mol. The minimum atomic E-state index is -0.496. The molecule has 0 aliphatic heterocycles. The van der Waals surface area contributed by atoms with Gasteiger partial charge in [0.2, 0.25) is 0 Å². The molecule has 10 heteroatoms. The highest BCUT2D eigenvalue weighted by molar-refractivity contribution is 5.95. The molecule has 0 atom stereocenters. The molecular formula is C21H20N6O4. The highest BCUT2D eigenvalue weighted by atomic mass is 16.6. The number of nitrogens with zero attached hydrogens (tertiary/aromatic N) is 4. The number of nitrogens with one attached hydrogen (secondary N) is 2. The number of carbonyl (C=O) groups is 2. The average molecular weight is 420 g/mol. The van der Waals surface area contributed by atoms with E-state index in [4.69, 9.17) is 0 Å². The summed E-state index contributed by atoms with van der Waals surface area (Å²) in [5.41, 5.74) is 2.38. The Bertz CT molecular complexity index is 1150. The van der Waals surface area contributed by atoms with Crippen molar-refractivity contribution in [3.05, 3.63) is 81.2 Å². The number of aromatic nitrogens is 3. The molecule has 0 unspecified atom stereocenters. The third kappa shape index (κ3) is 4.58. The molecule has 2 amide bonds. The summed E-state index contributed by atoms with van der Waals surface area (Å²) < 4.78 is 1.38. The van der Waals surface area contributed by atoms with Gasteiger partial charge in [-0.05, 0) is 43.5 Å². The minimum Gasteiger partial charge on any atom is -0.349 e. The maximum absolute atomic E-state index is 12.6. The van der Waals surface area contributed by atoms with E-state index >= 15 is 0 Å². The molecule has 0 spiro atoms. The predicted octanol–water partition coefficient (Wildman–Crippen LogP) is 2.31. The van der Waals surface area contributed by atoms with Crippen LogP contribution in [0.2, 0.25) is 0 Å². The van der Waals surface area contributed by atoms with Gasteiger partial charge in [0, 0.05) is 30.3 Å². The number of rotatable bonds is 7. The van der Waals surface area contributed by atoms with Crippen LogP contribution in [0.4, 0.5) is 5.69 Å². The summed E-state index contributed by atoms with van der Waals surface area (Å²) in [6.45, 7) is 1.92. The first-order chi connectivity index (χ1) is 14.9.